The van der Waals surface area contributed by atoms with Gasteiger partial charge in [0.05, 0.1) is 32.1 Å². The second-order valence-corrected chi connectivity index (χ2v) is 10.2. The molecule has 0 aliphatic rings. The van der Waals surface area contributed by atoms with Gasteiger partial charge in [0.1, 0.15) is 12.6 Å². The van der Waals surface area contributed by atoms with Crippen molar-refractivity contribution in [2.45, 2.75) is 44.3 Å². The second kappa shape index (κ2) is 13.1. The predicted octanol–water partition coefficient (Wildman–Crippen LogP) is 8.46. The van der Waals surface area contributed by atoms with Crippen LogP contribution in [0.1, 0.15) is 46.8 Å². The Bertz CT molecular complexity index is 1280. The van der Waals surface area contributed by atoms with E-state index in [4.69, 9.17) is 34.8 Å². The summed E-state index contributed by atoms with van der Waals surface area (Å²) in [7, 11) is 0. The van der Waals surface area contributed by atoms with E-state index in [9.17, 15) is 49.1 Å². The van der Waals surface area contributed by atoms with E-state index in [0.29, 0.717) is 18.2 Å². The van der Waals surface area contributed by atoms with Crippen LogP contribution < -0.4 is 10.6 Å². The van der Waals surface area contributed by atoms with Crippen molar-refractivity contribution in [3.63, 3.8) is 0 Å². The molecule has 2 N–H and O–H groups in total. The van der Waals surface area contributed by atoms with E-state index in [-0.39, 0.29) is 20.6 Å². The number of benzene rings is 2. The summed E-state index contributed by atoms with van der Waals surface area (Å²) in [6.07, 6.45) is -13.6. The van der Waals surface area contributed by atoms with Crippen molar-refractivity contribution < 1.29 is 49.1 Å². The minimum atomic E-state index is -5.18. The first-order valence-electron chi connectivity index (χ1n) is 11.4. The van der Waals surface area contributed by atoms with Gasteiger partial charge in [-0.15, -0.1) is 0 Å². The lowest BCUT2D eigenvalue weighted by Gasteiger charge is -2.23. The first kappa shape index (κ1) is 34.6. The molecule has 2 amide bonds. The topological polar surface area (TPSA) is 58.2 Å². The van der Waals surface area contributed by atoms with Gasteiger partial charge in [-0.05, 0) is 41.3 Å². The summed E-state index contributed by atoms with van der Waals surface area (Å²) in [4.78, 5) is 24.9. The Kier molecular flexibility index (Phi) is 11.1. The SMILES string of the molecule is CC(C)[C@@H](NC(=O)c1ccc(/C=C/C(c2cc(Cl)c(Cl)c(Cl)c2)C(F)(F)F)cc1C(F)(F)F)C(=O)NCC(F)(F)F. The van der Waals surface area contributed by atoms with Crippen molar-refractivity contribution in [1.29, 1.82) is 0 Å². The van der Waals surface area contributed by atoms with E-state index < -0.39 is 71.5 Å². The van der Waals surface area contributed by atoms with Crippen LogP contribution in [0.2, 0.25) is 15.1 Å². The van der Waals surface area contributed by atoms with Crippen LogP contribution >= 0.6 is 34.8 Å². The molecule has 2 aromatic carbocycles. The molecule has 0 radical (unpaired) electrons. The van der Waals surface area contributed by atoms with Crippen LogP contribution in [-0.2, 0) is 11.0 Å². The minimum Gasteiger partial charge on any atom is -0.345 e. The summed E-state index contributed by atoms with van der Waals surface area (Å²) in [5.74, 6) is -5.89. The van der Waals surface area contributed by atoms with Crippen LogP contribution in [0.3, 0.4) is 0 Å². The molecular weight excluding hydrogens is 638 g/mol. The van der Waals surface area contributed by atoms with E-state index in [1.54, 1.807) is 5.32 Å². The number of rotatable bonds is 8. The first-order chi connectivity index (χ1) is 18.6. The molecule has 2 rings (SSSR count). The summed E-state index contributed by atoms with van der Waals surface area (Å²) in [5.41, 5.74) is -3.38. The molecule has 16 heteroatoms. The molecule has 2 atom stereocenters. The number of carbonyl (C=O) groups is 2. The van der Waals surface area contributed by atoms with Gasteiger partial charge in [-0.2, -0.15) is 39.5 Å². The highest BCUT2D eigenvalue weighted by Crippen LogP contribution is 2.41. The van der Waals surface area contributed by atoms with Crippen molar-refractivity contribution in [2.75, 3.05) is 6.54 Å². The molecular formula is C25H20Cl3F9N2O2. The zero-order valence-electron chi connectivity index (χ0n) is 20.8. The third kappa shape index (κ3) is 9.71. The fourth-order valence-electron chi connectivity index (χ4n) is 3.52. The fourth-order valence-corrected chi connectivity index (χ4v) is 4.13. The molecule has 41 heavy (non-hydrogen) atoms. The number of carbonyl (C=O) groups excluding carboxylic acids is 2. The highest BCUT2D eigenvalue weighted by atomic mass is 35.5. The lowest BCUT2D eigenvalue weighted by atomic mass is 9.96. The van der Waals surface area contributed by atoms with Gasteiger partial charge in [-0.3, -0.25) is 9.59 Å². The van der Waals surface area contributed by atoms with Crippen LogP contribution in [-0.4, -0.2) is 36.8 Å². The third-order valence-electron chi connectivity index (χ3n) is 5.49. The van der Waals surface area contributed by atoms with Crippen molar-refractivity contribution in [3.05, 3.63) is 73.7 Å². The van der Waals surface area contributed by atoms with Crippen molar-refractivity contribution in [1.82, 2.24) is 10.6 Å². The van der Waals surface area contributed by atoms with Crippen LogP contribution in [0.25, 0.3) is 6.08 Å². The molecule has 0 bridgehead atoms. The highest BCUT2D eigenvalue weighted by molar-refractivity contribution is 6.48. The maximum Gasteiger partial charge on any atom is 0.417 e. The van der Waals surface area contributed by atoms with Gasteiger partial charge < -0.3 is 10.6 Å². The molecule has 2 aromatic rings. The number of nitrogens with one attached hydrogen (secondary N) is 2. The Morgan fingerprint density at radius 1 is 0.902 bits per heavy atom. The molecule has 0 saturated heterocycles. The number of hydrogen-bond acceptors (Lipinski definition) is 2. The summed E-state index contributed by atoms with van der Waals surface area (Å²) in [6.45, 7) is 0.955. The summed E-state index contributed by atoms with van der Waals surface area (Å²) in [6, 6.07) is 2.18. The van der Waals surface area contributed by atoms with Crippen LogP contribution in [0.5, 0.6) is 0 Å². The molecule has 0 spiro atoms. The lowest BCUT2D eigenvalue weighted by molar-refractivity contribution is -0.140. The number of halogens is 12. The molecule has 226 valence electrons. The standard InChI is InChI=1S/C25H20Cl3F9N2O2/c1-11(2)20(22(41)38-10-23(29,30)31)39-21(40)14-5-3-12(7-16(14)25(35,36)37)4-6-15(24(32,33)34)13-8-17(26)19(28)18(27)9-13/h3-9,11,15,20H,10H2,1-2H3,(H,38,41)(H,39,40)/b6-4+/t15?,20-/m1/s1. The molecule has 0 saturated carbocycles. The Morgan fingerprint density at radius 2 is 1.46 bits per heavy atom. The number of hydrogen-bond donors (Lipinski definition) is 2. The molecule has 1 unspecified atom stereocenters. The average molecular weight is 658 g/mol. The van der Waals surface area contributed by atoms with Gasteiger partial charge in [0.15, 0.2) is 0 Å². The molecule has 0 aliphatic carbocycles. The van der Waals surface area contributed by atoms with E-state index in [2.05, 4.69) is 0 Å². The number of allylic oxidation sites excluding steroid dienone is 1. The first-order valence-corrected chi connectivity index (χ1v) is 12.5. The monoisotopic (exact) mass is 656 g/mol. The van der Waals surface area contributed by atoms with Crippen LogP contribution in [0.15, 0.2) is 36.4 Å². The van der Waals surface area contributed by atoms with E-state index in [0.717, 1.165) is 24.3 Å². The van der Waals surface area contributed by atoms with Gasteiger partial charge in [0.2, 0.25) is 5.91 Å². The highest BCUT2D eigenvalue weighted by Gasteiger charge is 2.40. The smallest absolute Gasteiger partial charge is 0.345 e. The van der Waals surface area contributed by atoms with Gasteiger partial charge >= 0.3 is 18.5 Å². The minimum absolute atomic E-state index is 0.191. The summed E-state index contributed by atoms with van der Waals surface area (Å²) >= 11 is 17.4. The van der Waals surface area contributed by atoms with E-state index in [1.165, 1.54) is 13.8 Å². The fraction of sp³-hybridized carbons (Fsp3) is 0.360. The van der Waals surface area contributed by atoms with Gasteiger partial charge in [-0.25, -0.2) is 0 Å². The normalized spacial score (nSPS) is 14.3. The summed E-state index contributed by atoms with van der Waals surface area (Å²) < 4.78 is 120. The zero-order valence-corrected chi connectivity index (χ0v) is 23.1. The summed E-state index contributed by atoms with van der Waals surface area (Å²) in [5, 5.41) is 2.79. The predicted molar refractivity (Wildman–Crippen MR) is 136 cm³/mol. The van der Waals surface area contributed by atoms with E-state index in [1.807, 2.05) is 5.32 Å². The molecule has 0 aliphatic heterocycles. The Labute approximate surface area is 242 Å². The Balaban J connectivity index is 2.43. The van der Waals surface area contributed by atoms with Gasteiger partial charge in [0.25, 0.3) is 5.91 Å². The molecule has 0 heterocycles. The average Bonchev–Trinajstić information content (AvgIpc) is 2.82. The second-order valence-electron chi connectivity index (χ2n) is 9.01. The Hall–Kier alpha value is -2.64. The van der Waals surface area contributed by atoms with Crippen molar-refractivity contribution in [2.24, 2.45) is 5.92 Å². The van der Waals surface area contributed by atoms with E-state index >= 15 is 0 Å². The quantitative estimate of drug-likeness (QED) is 0.221. The lowest BCUT2D eigenvalue weighted by Crippen LogP contribution is -2.51. The largest absolute Gasteiger partial charge is 0.417 e. The zero-order chi connectivity index (χ0) is 31.5. The molecule has 0 aromatic heterocycles. The Morgan fingerprint density at radius 3 is 1.93 bits per heavy atom. The molecule has 0 fully saturated rings. The van der Waals surface area contributed by atoms with Crippen molar-refractivity contribution >= 4 is 52.7 Å². The molecule has 4 nitrogen and oxygen atoms in total. The van der Waals surface area contributed by atoms with Crippen LogP contribution in [0.4, 0.5) is 39.5 Å². The van der Waals surface area contributed by atoms with Crippen molar-refractivity contribution in [3.8, 4) is 0 Å². The number of amides is 2. The van der Waals surface area contributed by atoms with Crippen LogP contribution in [0, 0.1) is 5.92 Å². The number of alkyl halides is 9. The third-order valence-corrected chi connectivity index (χ3v) is 6.69. The maximum atomic E-state index is 13.8. The maximum absolute atomic E-state index is 13.8. The van der Waals surface area contributed by atoms with Gasteiger partial charge in [0, 0.05) is 0 Å². The van der Waals surface area contributed by atoms with Gasteiger partial charge in [-0.1, -0.05) is 66.9 Å².